The number of hydrogen-bond acceptors (Lipinski definition) is 4. The van der Waals surface area contributed by atoms with Gasteiger partial charge in [-0.2, -0.15) is 18.2 Å². The lowest BCUT2D eigenvalue weighted by atomic mass is 10.1. The Balaban J connectivity index is 1.72. The van der Waals surface area contributed by atoms with Gasteiger partial charge in [-0.25, -0.2) is 0 Å². The first-order valence-electron chi connectivity index (χ1n) is 6.60. The van der Waals surface area contributed by atoms with Gasteiger partial charge in [0.25, 0.3) is 0 Å². The van der Waals surface area contributed by atoms with E-state index in [9.17, 15) is 13.2 Å². The van der Waals surface area contributed by atoms with Gasteiger partial charge in [0.05, 0.1) is 11.3 Å². The van der Waals surface area contributed by atoms with E-state index in [1.807, 2.05) is 0 Å². The quantitative estimate of drug-likeness (QED) is 0.668. The Morgan fingerprint density at radius 2 is 1.65 bits per heavy atom. The van der Waals surface area contributed by atoms with E-state index in [4.69, 9.17) is 0 Å². The van der Waals surface area contributed by atoms with Crippen LogP contribution in [-0.2, 0) is 6.18 Å². The van der Waals surface area contributed by atoms with Crippen molar-refractivity contribution in [2.75, 3.05) is 0 Å². The SMILES string of the molecule is FC(F)(F)c1ccc(C=Nc2ccc(-c3ncon3)cc2)cc1. The van der Waals surface area contributed by atoms with E-state index in [2.05, 4.69) is 19.7 Å². The van der Waals surface area contributed by atoms with Crippen LogP contribution < -0.4 is 0 Å². The summed E-state index contributed by atoms with van der Waals surface area (Å²) in [5.74, 6) is 0.475. The fourth-order valence-electron chi connectivity index (χ4n) is 1.90. The molecule has 1 aromatic heterocycles. The van der Waals surface area contributed by atoms with Crippen molar-refractivity contribution in [2.45, 2.75) is 6.18 Å². The zero-order chi connectivity index (χ0) is 16.3. The molecule has 3 aromatic rings. The van der Waals surface area contributed by atoms with E-state index in [0.29, 0.717) is 17.1 Å². The molecule has 0 N–H and O–H groups in total. The Labute approximate surface area is 129 Å². The maximum Gasteiger partial charge on any atom is 0.416 e. The van der Waals surface area contributed by atoms with Crippen LogP contribution in [0.25, 0.3) is 11.4 Å². The highest BCUT2D eigenvalue weighted by Gasteiger charge is 2.29. The topological polar surface area (TPSA) is 51.3 Å². The van der Waals surface area contributed by atoms with Crippen LogP contribution in [0, 0.1) is 0 Å². The third-order valence-corrected chi connectivity index (χ3v) is 3.09. The summed E-state index contributed by atoms with van der Waals surface area (Å²) in [6, 6.07) is 11.9. The molecule has 0 atom stereocenters. The van der Waals surface area contributed by atoms with Gasteiger partial charge in [-0.15, -0.1) is 0 Å². The fraction of sp³-hybridized carbons (Fsp3) is 0.0625. The predicted octanol–water partition coefficient (Wildman–Crippen LogP) is 4.51. The average Bonchev–Trinajstić information content (AvgIpc) is 3.07. The Morgan fingerprint density at radius 1 is 0.957 bits per heavy atom. The molecule has 0 bridgehead atoms. The zero-order valence-electron chi connectivity index (χ0n) is 11.7. The second-order valence-electron chi connectivity index (χ2n) is 4.68. The summed E-state index contributed by atoms with van der Waals surface area (Å²) in [7, 11) is 0. The summed E-state index contributed by atoms with van der Waals surface area (Å²) in [5, 5.41) is 3.72. The second kappa shape index (κ2) is 6.04. The Morgan fingerprint density at radius 3 is 2.22 bits per heavy atom. The lowest BCUT2D eigenvalue weighted by Gasteiger charge is -2.05. The lowest BCUT2D eigenvalue weighted by molar-refractivity contribution is -0.137. The van der Waals surface area contributed by atoms with Crippen molar-refractivity contribution in [3.05, 3.63) is 66.1 Å². The Hall–Kier alpha value is -2.96. The summed E-state index contributed by atoms with van der Waals surface area (Å²) >= 11 is 0. The number of aromatic nitrogens is 2. The van der Waals surface area contributed by atoms with Gasteiger partial charge in [-0.1, -0.05) is 17.3 Å². The van der Waals surface area contributed by atoms with E-state index in [0.717, 1.165) is 17.7 Å². The number of halogens is 3. The number of benzene rings is 2. The van der Waals surface area contributed by atoms with E-state index in [1.54, 1.807) is 24.3 Å². The minimum Gasteiger partial charge on any atom is -0.342 e. The smallest absolute Gasteiger partial charge is 0.342 e. The van der Waals surface area contributed by atoms with E-state index in [1.165, 1.54) is 24.7 Å². The van der Waals surface area contributed by atoms with Crippen LogP contribution in [0.1, 0.15) is 11.1 Å². The maximum atomic E-state index is 12.5. The molecule has 4 nitrogen and oxygen atoms in total. The molecule has 0 saturated carbocycles. The second-order valence-corrected chi connectivity index (χ2v) is 4.68. The van der Waals surface area contributed by atoms with Crippen LogP contribution in [0.15, 0.2) is 64.4 Å². The van der Waals surface area contributed by atoms with E-state index in [-0.39, 0.29) is 0 Å². The van der Waals surface area contributed by atoms with Crippen molar-refractivity contribution in [1.82, 2.24) is 10.1 Å². The Kier molecular flexibility index (Phi) is 3.92. The van der Waals surface area contributed by atoms with Gasteiger partial charge in [0.1, 0.15) is 0 Å². The largest absolute Gasteiger partial charge is 0.416 e. The van der Waals surface area contributed by atoms with Crippen LogP contribution >= 0.6 is 0 Å². The highest BCUT2D eigenvalue weighted by atomic mass is 19.4. The molecule has 0 aliphatic carbocycles. The van der Waals surface area contributed by atoms with Crippen molar-refractivity contribution in [1.29, 1.82) is 0 Å². The molecule has 0 fully saturated rings. The van der Waals surface area contributed by atoms with Crippen molar-refractivity contribution in [3.63, 3.8) is 0 Å². The molecule has 2 aromatic carbocycles. The molecule has 0 amide bonds. The highest BCUT2D eigenvalue weighted by molar-refractivity contribution is 5.82. The van der Waals surface area contributed by atoms with Gasteiger partial charge in [-0.05, 0) is 42.0 Å². The molecule has 7 heteroatoms. The number of hydrogen-bond donors (Lipinski definition) is 0. The molecular formula is C16H10F3N3O. The van der Waals surface area contributed by atoms with Crippen molar-refractivity contribution >= 4 is 11.9 Å². The summed E-state index contributed by atoms with van der Waals surface area (Å²) in [6.07, 6.45) is -1.59. The number of aliphatic imine (C=N–C) groups is 1. The maximum absolute atomic E-state index is 12.5. The molecule has 0 aliphatic heterocycles. The minimum absolute atomic E-state index is 0.475. The molecule has 23 heavy (non-hydrogen) atoms. The van der Waals surface area contributed by atoms with Gasteiger partial charge in [-0.3, -0.25) is 4.99 Å². The minimum atomic E-state index is -4.33. The summed E-state index contributed by atoms with van der Waals surface area (Å²) in [6.45, 7) is 0. The first-order chi connectivity index (χ1) is 11.0. The van der Waals surface area contributed by atoms with Crippen LogP contribution in [0.2, 0.25) is 0 Å². The van der Waals surface area contributed by atoms with Crippen molar-refractivity contribution < 1.29 is 17.7 Å². The normalized spacial score (nSPS) is 12.0. The molecule has 0 saturated heterocycles. The molecule has 3 rings (SSSR count). The van der Waals surface area contributed by atoms with Gasteiger partial charge in [0, 0.05) is 11.8 Å². The van der Waals surface area contributed by atoms with E-state index >= 15 is 0 Å². The molecule has 0 spiro atoms. The molecule has 116 valence electrons. The van der Waals surface area contributed by atoms with Gasteiger partial charge in [0.15, 0.2) is 0 Å². The van der Waals surface area contributed by atoms with Gasteiger partial charge < -0.3 is 4.52 Å². The van der Waals surface area contributed by atoms with E-state index < -0.39 is 11.7 Å². The molecular weight excluding hydrogens is 307 g/mol. The summed E-state index contributed by atoms with van der Waals surface area (Å²) in [5.41, 5.74) is 1.35. The third kappa shape index (κ3) is 3.63. The van der Waals surface area contributed by atoms with Gasteiger partial charge in [0.2, 0.25) is 12.2 Å². The lowest BCUT2D eigenvalue weighted by Crippen LogP contribution is -2.04. The van der Waals surface area contributed by atoms with Gasteiger partial charge >= 0.3 is 6.18 Å². The predicted molar refractivity (Wildman–Crippen MR) is 78.4 cm³/mol. The highest BCUT2D eigenvalue weighted by Crippen LogP contribution is 2.29. The molecule has 0 radical (unpaired) electrons. The average molecular weight is 317 g/mol. The molecule has 0 unspecified atom stereocenters. The van der Waals surface area contributed by atoms with Crippen LogP contribution in [0.5, 0.6) is 0 Å². The van der Waals surface area contributed by atoms with Crippen molar-refractivity contribution in [3.8, 4) is 11.4 Å². The standard InChI is InChI=1S/C16H10F3N3O/c17-16(18,19)13-5-1-11(2-6-13)9-20-14-7-3-12(4-8-14)15-21-10-23-22-15/h1-10H. The van der Waals surface area contributed by atoms with Crippen LogP contribution in [-0.4, -0.2) is 16.4 Å². The number of alkyl halides is 3. The van der Waals surface area contributed by atoms with Crippen LogP contribution in [0.4, 0.5) is 18.9 Å². The number of nitrogens with zero attached hydrogens (tertiary/aromatic N) is 3. The Bertz CT molecular complexity index is 792. The van der Waals surface area contributed by atoms with Crippen LogP contribution in [0.3, 0.4) is 0 Å². The monoisotopic (exact) mass is 317 g/mol. The van der Waals surface area contributed by atoms with Crippen molar-refractivity contribution in [2.24, 2.45) is 4.99 Å². The zero-order valence-corrected chi connectivity index (χ0v) is 11.7. The fourth-order valence-corrected chi connectivity index (χ4v) is 1.90. The summed E-state index contributed by atoms with van der Waals surface area (Å²) in [4.78, 5) is 8.15. The molecule has 0 aliphatic rings. The number of rotatable bonds is 3. The first-order valence-corrected chi connectivity index (χ1v) is 6.60. The third-order valence-electron chi connectivity index (χ3n) is 3.09. The molecule has 1 heterocycles. The first kappa shape index (κ1) is 15.0. The summed E-state index contributed by atoms with van der Waals surface area (Å²) < 4.78 is 42.1.